The molecule has 0 aliphatic carbocycles. The molecule has 0 rings (SSSR count). The minimum absolute atomic E-state index is 0.0989. The Morgan fingerprint density at radius 3 is 2.12 bits per heavy atom. The Kier molecular flexibility index (Phi) is 3.83. The van der Waals surface area contributed by atoms with E-state index in [1.807, 2.05) is 13.8 Å². The largest absolute Gasteiger partial charge is 0.346 e. The van der Waals surface area contributed by atoms with E-state index in [4.69, 9.17) is 10.8 Å². The van der Waals surface area contributed by atoms with Gasteiger partial charge in [-0.1, -0.05) is 0 Å². The summed E-state index contributed by atoms with van der Waals surface area (Å²) in [5.74, 6) is 0. The maximum atomic E-state index is 6.88. The lowest BCUT2D eigenvalue weighted by Crippen LogP contribution is -2.02. The summed E-state index contributed by atoms with van der Waals surface area (Å²) >= 11 is 0. The number of hydrogen-bond acceptors (Lipinski definition) is 2. The van der Waals surface area contributed by atoms with E-state index in [0.29, 0.717) is 19.5 Å². The van der Waals surface area contributed by atoms with Crippen molar-refractivity contribution in [1.29, 1.82) is 0 Å². The van der Waals surface area contributed by atoms with Crippen LogP contribution in [0.15, 0.2) is 0 Å². The highest BCUT2D eigenvalue weighted by atomic mass is 16.7. The second-order valence-corrected chi connectivity index (χ2v) is 1.24. The molecule has 8 heavy (non-hydrogen) atoms. The summed E-state index contributed by atoms with van der Waals surface area (Å²) in [5.41, 5.74) is 0. The van der Waals surface area contributed by atoms with Gasteiger partial charge in [-0.15, -0.1) is 0 Å². The Bertz CT molecular complexity index is 53.0. The zero-order chi connectivity index (χ0) is 7.11. The van der Waals surface area contributed by atoms with Crippen LogP contribution in [-0.2, 0) is 9.47 Å². The summed E-state index contributed by atoms with van der Waals surface area (Å²) in [7, 11) is 0. The van der Waals surface area contributed by atoms with Gasteiger partial charge in [0.15, 0.2) is 0 Å². The van der Waals surface area contributed by atoms with Crippen LogP contribution >= 0.6 is 0 Å². The molecule has 0 unspecified atom stereocenters. The van der Waals surface area contributed by atoms with E-state index in [1.54, 1.807) is 0 Å². The summed E-state index contributed by atoms with van der Waals surface area (Å²) in [5, 5.41) is 0. The number of ether oxygens (including phenoxy) is 2. The van der Waals surface area contributed by atoms with E-state index in [0.717, 1.165) is 0 Å². The highest BCUT2D eigenvalue weighted by molar-refractivity contribution is 4.51. The molecule has 0 aliphatic rings. The van der Waals surface area contributed by atoms with Crippen LogP contribution in [0.1, 0.15) is 22.1 Å². The van der Waals surface area contributed by atoms with Gasteiger partial charge >= 0.3 is 0 Å². The van der Waals surface area contributed by atoms with Crippen LogP contribution in [-0.4, -0.2) is 13.2 Å². The first-order valence-electron chi connectivity index (χ1n) is 3.46. The molecule has 2 heteroatoms. The van der Waals surface area contributed by atoms with Crippen LogP contribution in [0.5, 0.6) is 0 Å². The highest BCUT2D eigenvalue weighted by Gasteiger charge is 1.97. The predicted molar refractivity (Wildman–Crippen MR) is 32.2 cm³/mol. The van der Waals surface area contributed by atoms with Crippen molar-refractivity contribution in [2.75, 3.05) is 13.2 Å². The van der Waals surface area contributed by atoms with E-state index >= 15 is 0 Å². The Balaban J connectivity index is 3.18. The Hall–Kier alpha value is -0.0800. The quantitative estimate of drug-likeness (QED) is 0.557. The van der Waals surface area contributed by atoms with Crippen molar-refractivity contribution >= 4 is 0 Å². The second-order valence-electron chi connectivity index (χ2n) is 1.24. The molecule has 0 atom stereocenters. The van der Waals surface area contributed by atoms with Crippen LogP contribution in [0.4, 0.5) is 0 Å². The minimum atomic E-state index is 0.0989. The average molecular weight is 118 g/mol. The molecule has 0 aromatic carbocycles. The molecule has 0 aromatic heterocycles. The van der Waals surface area contributed by atoms with Gasteiger partial charge in [0.2, 0.25) is 6.29 Å². The third-order valence-electron chi connectivity index (χ3n) is 0.611. The van der Waals surface area contributed by atoms with E-state index in [-0.39, 0.29) is 6.90 Å². The molecule has 0 N–H and O–H groups in total. The van der Waals surface area contributed by atoms with Gasteiger partial charge in [0.05, 0.1) is 0 Å². The Morgan fingerprint density at radius 1 is 1.38 bits per heavy atom. The molecular weight excluding hydrogens is 104 g/mol. The van der Waals surface area contributed by atoms with Gasteiger partial charge in [-0.3, -0.25) is 0 Å². The zero-order valence-electron chi connectivity index (χ0n) is 6.44. The molecule has 0 fully saturated rings. The lowest BCUT2D eigenvalue weighted by molar-refractivity contribution is -0.0279. The average Bonchev–Trinajstić information content (AvgIpc) is 1.88. The van der Waals surface area contributed by atoms with Crippen molar-refractivity contribution in [3.05, 3.63) is 6.29 Å². The molecule has 0 spiro atoms. The standard InChI is InChI=1S/C6H13O2/c1-4-7-6(3)8-5-2/h4-5H2,1-3H3/i3D. The molecular formula is C6H13O2. The van der Waals surface area contributed by atoms with Crippen molar-refractivity contribution in [3.8, 4) is 0 Å². The van der Waals surface area contributed by atoms with Crippen molar-refractivity contribution in [2.24, 2.45) is 0 Å². The van der Waals surface area contributed by atoms with Crippen molar-refractivity contribution in [2.45, 2.75) is 20.7 Å². The van der Waals surface area contributed by atoms with Gasteiger partial charge in [-0.25, -0.2) is 0 Å². The Morgan fingerprint density at radius 2 is 1.88 bits per heavy atom. The van der Waals surface area contributed by atoms with Crippen LogP contribution in [0.2, 0.25) is 0 Å². The summed E-state index contributed by atoms with van der Waals surface area (Å²) in [6.45, 7) is 4.99. The van der Waals surface area contributed by atoms with Gasteiger partial charge in [-0.05, 0) is 20.7 Å². The summed E-state index contributed by atoms with van der Waals surface area (Å²) in [6.07, 6.45) is 0.417. The van der Waals surface area contributed by atoms with Crippen LogP contribution < -0.4 is 0 Å². The summed E-state index contributed by atoms with van der Waals surface area (Å²) in [4.78, 5) is 0. The molecule has 0 heterocycles. The third kappa shape index (κ3) is 4.09. The van der Waals surface area contributed by atoms with E-state index < -0.39 is 0 Å². The predicted octanol–water partition coefficient (Wildman–Crippen LogP) is 1.57. The van der Waals surface area contributed by atoms with Crippen molar-refractivity contribution < 1.29 is 10.8 Å². The smallest absolute Gasteiger partial charge is 0.220 e. The Labute approximate surface area is 52.2 Å². The maximum Gasteiger partial charge on any atom is 0.220 e. The van der Waals surface area contributed by atoms with Gasteiger partial charge in [0.25, 0.3) is 0 Å². The molecule has 0 bridgehead atoms. The third-order valence-corrected chi connectivity index (χ3v) is 0.611. The first-order chi connectivity index (χ1) is 4.35. The van der Waals surface area contributed by atoms with Gasteiger partial charge in [0.1, 0.15) is 0 Å². The van der Waals surface area contributed by atoms with Crippen LogP contribution in [0.3, 0.4) is 0 Å². The number of rotatable bonds is 4. The molecule has 1 radical (unpaired) electrons. The normalized spacial score (nSPS) is 12.1. The minimum Gasteiger partial charge on any atom is -0.346 e. The fourth-order valence-corrected chi connectivity index (χ4v) is 0.364. The van der Waals surface area contributed by atoms with E-state index in [1.165, 1.54) is 0 Å². The fraction of sp³-hybridized carbons (Fsp3) is 0.833. The first kappa shape index (κ1) is 6.05. The van der Waals surface area contributed by atoms with Gasteiger partial charge < -0.3 is 9.47 Å². The molecule has 0 aliphatic heterocycles. The molecule has 2 nitrogen and oxygen atoms in total. The van der Waals surface area contributed by atoms with Crippen LogP contribution in [0.25, 0.3) is 0 Å². The lowest BCUT2D eigenvalue weighted by atomic mass is 10.7. The van der Waals surface area contributed by atoms with E-state index in [9.17, 15) is 0 Å². The molecule has 0 amide bonds. The number of hydrogen-bond donors (Lipinski definition) is 0. The first-order valence-corrected chi connectivity index (χ1v) is 2.75. The van der Waals surface area contributed by atoms with Crippen molar-refractivity contribution in [3.63, 3.8) is 0 Å². The SMILES string of the molecule is [2H]C[C](OCC)OCC. The fourth-order valence-electron chi connectivity index (χ4n) is 0.364. The molecule has 49 valence electrons. The van der Waals surface area contributed by atoms with E-state index in [2.05, 4.69) is 0 Å². The molecule has 0 saturated carbocycles. The zero-order valence-corrected chi connectivity index (χ0v) is 5.44. The van der Waals surface area contributed by atoms with Crippen LogP contribution in [0, 0.1) is 6.29 Å². The summed E-state index contributed by atoms with van der Waals surface area (Å²) < 4.78 is 16.8. The summed E-state index contributed by atoms with van der Waals surface area (Å²) in [6, 6.07) is 0. The lowest BCUT2D eigenvalue weighted by Gasteiger charge is -2.07. The molecule has 0 saturated heterocycles. The molecule has 0 aromatic rings. The topological polar surface area (TPSA) is 18.5 Å². The monoisotopic (exact) mass is 118 g/mol. The second kappa shape index (κ2) is 5.06. The maximum absolute atomic E-state index is 6.88. The highest BCUT2D eigenvalue weighted by Crippen LogP contribution is 2.00. The van der Waals surface area contributed by atoms with Gasteiger partial charge in [0, 0.05) is 14.6 Å². The van der Waals surface area contributed by atoms with Gasteiger partial charge in [-0.2, -0.15) is 0 Å². The van der Waals surface area contributed by atoms with Crippen molar-refractivity contribution in [1.82, 2.24) is 0 Å².